The van der Waals surface area contributed by atoms with Gasteiger partial charge in [0.25, 0.3) is 0 Å². The van der Waals surface area contributed by atoms with E-state index in [1.807, 2.05) is 41.1 Å². The molecule has 0 bridgehead atoms. The highest BCUT2D eigenvalue weighted by atomic mass is 16.5. The molecule has 158 valence electrons. The number of rotatable bonds is 8. The van der Waals surface area contributed by atoms with Crippen molar-refractivity contribution in [3.8, 4) is 5.69 Å². The van der Waals surface area contributed by atoms with Gasteiger partial charge in [-0.05, 0) is 42.7 Å². The molecule has 0 saturated carbocycles. The van der Waals surface area contributed by atoms with Gasteiger partial charge < -0.3 is 15.0 Å². The monoisotopic (exact) mass is 417 g/mol. The number of esters is 1. The fraction of sp³-hybridized carbons (Fsp3) is 0.227. The number of ether oxygens (including phenoxy) is 1. The smallest absolute Gasteiger partial charge is 0.315 e. The number of benzene rings is 1. The van der Waals surface area contributed by atoms with E-state index in [4.69, 9.17) is 10.5 Å². The molecular weight excluding hydrogens is 394 g/mol. The van der Waals surface area contributed by atoms with E-state index in [1.54, 1.807) is 36.5 Å². The number of nitrogen functional groups attached to an aromatic ring is 1. The van der Waals surface area contributed by atoms with E-state index < -0.39 is 5.92 Å². The fourth-order valence-electron chi connectivity index (χ4n) is 3.29. The molecule has 1 atom stereocenters. The summed E-state index contributed by atoms with van der Waals surface area (Å²) in [7, 11) is 0. The molecule has 0 spiro atoms. The van der Waals surface area contributed by atoms with Crippen LogP contribution in [0.4, 0.5) is 5.82 Å². The Morgan fingerprint density at radius 2 is 1.90 bits per heavy atom. The Morgan fingerprint density at radius 1 is 1.10 bits per heavy atom. The van der Waals surface area contributed by atoms with Crippen LogP contribution in [0.15, 0.2) is 67.8 Å². The van der Waals surface area contributed by atoms with Crippen molar-refractivity contribution in [3.05, 3.63) is 84.6 Å². The van der Waals surface area contributed by atoms with Crippen LogP contribution in [0.5, 0.6) is 0 Å². The molecule has 3 heterocycles. The molecule has 1 unspecified atom stereocenters. The Bertz CT molecular complexity index is 1120. The summed E-state index contributed by atoms with van der Waals surface area (Å²) in [5.41, 5.74) is 9.26. The summed E-state index contributed by atoms with van der Waals surface area (Å²) in [6.07, 6.45) is 8.89. The minimum atomic E-state index is -0.513. The predicted octanol–water partition coefficient (Wildman–Crippen LogP) is 2.38. The zero-order valence-electron chi connectivity index (χ0n) is 17.1. The lowest BCUT2D eigenvalue weighted by Gasteiger charge is -2.13. The van der Waals surface area contributed by atoms with Gasteiger partial charge in [0.2, 0.25) is 0 Å². The summed E-state index contributed by atoms with van der Waals surface area (Å²) >= 11 is 0. The van der Waals surface area contributed by atoms with Gasteiger partial charge in [-0.2, -0.15) is 5.10 Å². The highest BCUT2D eigenvalue weighted by molar-refractivity contribution is 5.78. The van der Waals surface area contributed by atoms with E-state index >= 15 is 0 Å². The molecule has 0 aliphatic carbocycles. The zero-order chi connectivity index (χ0) is 21.6. The van der Waals surface area contributed by atoms with Crippen molar-refractivity contribution in [1.82, 2.24) is 29.3 Å². The third-order valence-electron chi connectivity index (χ3n) is 4.85. The summed E-state index contributed by atoms with van der Waals surface area (Å²) in [5, 5.41) is 4.13. The van der Waals surface area contributed by atoms with Crippen LogP contribution >= 0.6 is 0 Å². The van der Waals surface area contributed by atoms with E-state index in [0.29, 0.717) is 31.1 Å². The maximum absolute atomic E-state index is 12.6. The number of nitrogens with two attached hydrogens (primary N) is 1. The average Bonchev–Trinajstić information content (AvgIpc) is 3.47. The molecule has 0 saturated heterocycles. The Hall–Kier alpha value is -4.01. The largest absolute Gasteiger partial charge is 0.465 e. The van der Waals surface area contributed by atoms with Gasteiger partial charge in [-0.1, -0.05) is 18.2 Å². The molecule has 0 aliphatic heterocycles. The van der Waals surface area contributed by atoms with E-state index in [2.05, 4.69) is 20.1 Å². The average molecular weight is 417 g/mol. The van der Waals surface area contributed by atoms with Crippen molar-refractivity contribution >= 4 is 11.8 Å². The maximum Gasteiger partial charge on any atom is 0.315 e. The number of hydrogen-bond acceptors (Lipinski definition) is 7. The van der Waals surface area contributed by atoms with Crippen molar-refractivity contribution in [2.45, 2.75) is 25.8 Å². The Balaban J connectivity index is 1.49. The van der Waals surface area contributed by atoms with Crippen LogP contribution in [0.25, 0.3) is 5.69 Å². The van der Waals surface area contributed by atoms with Crippen molar-refractivity contribution in [3.63, 3.8) is 0 Å². The summed E-state index contributed by atoms with van der Waals surface area (Å²) in [5.74, 6) is -0.376. The molecule has 3 aromatic heterocycles. The van der Waals surface area contributed by atoms with Gasteiger partial charge in [0.05, 0.1) is 24.3 Å². The van der Waals surface area contributed by atoms with E-state index in [9.17, 15) is 4.79 Å². The van der Waals surface area contributed by atoms with Crippen molar-refractivity contribution in [2.75, 3.05) is 12.3 Å². The van der Waals surface area contributed by atoms with Gasteiger partial charge in [-0.15, -0.1) is 0 Å². The molecule has 4 aromatic rings. The molecule has 9 heteroatoms. The number of hydrogen-bond donors (Lipinski definition) is 1. The second-order valence-electron chi connectivity index (χ2n) is 7.08. The quantitative estimate of drug-likeness (QED) is 0.438. The van der Waals surface area contributed by atoms with Crippen molar-refractivity contribution in [2.24, 2.45) is 0 Å². The first-order valence-electron chi connectivity index (χ1n) is 9.95. The van der Waals surface area contributed by atoms with Gasteiger partial charge >= 0.3 is 5.97 Å². The third kappa shape index (κ3) is 4.95. The first kappa shape index (κ1) is 20.3. The van der Waals surface area contributed by atoms with Crippen LogP contribution in [0.2, 0.25) is 0 Å². The van der Waals surface area contributed by atoms with Gasteiger partial charge in [-0.3, -0.25) is 4.79 Å². The number of carbonyl (C=O) groups is 1. The molecule has 31 heavy (non-hydrogen) atoms. The van der Waals surface area contributed by atoms with Gasteiger partial charge in [0, 0.05) is 18.9 Å². The minimum Gasteiger partial charge on any atom is -0.465 e. The summed E-state index contributed by atoms with van der Waals surface area (Å²) in [6, 6.07) is 11.6. The lowest BCUT2D eigenvalue weighted by Crippen LogP contribution is -2.19. The summed E-state index contributed by atoms with van der Waals surface area (Å²) < 4.78 is 8.94. The standard InChI is InChI=1S/C22H23N7O2/c1-2-31-22(30)19(9-17-5-8-21(23)25-10-17)20-12-28(15-26-20)11-16-3-6-18(7-4-16)29-14-24-13-27-29/h3-8,10,12-15,19H,2,9,11H2,1H3,(H2,23,25). The normalized spacial score (nSPS) is 11.9. The number of nitrogens with zero attached hydrogens (tertiary/aromatic N) is 6. The molecular formula is C22H23N7O2. The number of imidazole rings is 1. The van der Waals surface area contributed by atoms with Crippen LogP contribution in [0.1, 0.15) is 29.7 Å². The third-order valence-corrected chi connectivity index (χ3v) is 4.85. The lowest BCUT2D eigenvalue weighted by atomic mass is 9.97. The summed E-state index contributed by atoms with van der Waals surface area (Å²) in [4.78, 5) is 25.2. The van der Waals surface area contributed by atoms with Crippen LogP contribution < -0.4 is 5.73 Å². The second-order valence-corrected chi connectivity index (χ2v) is 7.08. The van der Waals surface area contributed by atoms with Crippen LogP contribution in [0.3, 0.4) is 0 Å². The first-order chi connectivity index (χ1) is 15.1. The van der Waals surface area contributed by atoms with Gasteiger partial charge in [0.1, 0.15) is 24.4 Å². The first-order valence-corrected chi connectivity index (χ1v) is 9.95. The van der Waals surface area contributed by atoms with Crippen LogP contribution in [-0.4, -0.2) is 41.9 Å². The number of anilines is 1. The molecule has 4 rings (SSSR count). The molecule has 9 nitrogen and oxygen atoms in total. The van der Waals surface area contributed by atoms with E-state index in [0.717, 1.165) is 16.8 Å². The molecule has 0 amide bonds. The number of carbonyl (C=O) groups excluding carboxylic acids is 1. The molecule has 0 aliphatic rings. The summed E-state index contributed by atoms with van der Waals surface area (Å²) in [6.45, 7) is 2.74. The Kier molecular flexibility index (Phi) is 6.02. The SMILES string of the molecule is CCOC(=O)C(Cc1ccc(N)nc1)c1cn(Cc2ccc(-n3cncn3)cc2)cn1. The highest BCUT2D eigenvalue weighted by Crippen LogP contribution is 2.22. The fourth-order valence-corrected chi connectivity index (χ4v) is 3.29. The van der Waals surface area contributed by atoms with Crippen LogP contribution in [0, 0.1) is 0 Å². The maximum atomic E-state index is 12.6. The molecule has 1 aromatic carbocycles. The zero-order valence-corrected chi connectivity index (χ0v) is 17.1. The minimum absolute atomic E-state index is 0.304. The van der Waals surface area contributed by atoms with Crippen molar-refractivity contribution in [1.29, 1.82) is 0 Å². The van der Waals surface area contributed by atoms with Gasteiger partial charge in [-0.25, -0.2) is 19.6 Å². The molecule has 2 N–H and O–H groups in total. The highest BCUT2D eigenvalue weighted by Gasteiger charge is 2.25. The Labute approximate surface area is 179 Å². The number of pyridine rings is 1. The second kappa shape index (κ2) is 9.21. The van der Waals surface area contributed by atoms with Crippen molar-refractivity contribution < 1.29 is 9.53 Å². The van der Waals surface area contributed by atoms with E-state index in [-0.39, 0.29) is 5.97 Å². The van der Waals surface area contributed by atoms with Crippen LogP contribution in [-0.2, 0) is 22.5 Å². The molecule has 0 radical (unpaired) electrons. The van der Waals surface area contributed by atoms with E-state index in [1.165, 1.54) is 6.33 Å². The predicted molar refractivity (Wildman–Crippen MR) is 114 cm³/mol. The Morgan fingerprint density at radius 3 is 2.58 bits per heavy atom. The number of aromatic nitrogens is 6. The topological polar surface area (TPSA) is 114 Å². The lowest BCUT2D eigenvalue weighted by molar-refractivity contribution is -0.145. The van der Waals surface area contributed by atoms with Gasteiger partial charge in [0.15, 0.2) is 0 Å². The molecule has 0 fully saturated rings.